The number of anilines is 1. The van der Waals surface area contributed by atoms with Gasteiger partial charge in [0.05, 0.1) is 12.6 Å². The number of ether oxygens (including phenoxy) is 1. The van der Waals surface area contributed by atoms with E-state index in [1.807, 2.05) is 0 Å². The summed E-state index contributed by atoms with van der Waals surface area (Å²) in [4.78, 5) is 23.2. The fourth-order valence-electron chi connectivity index (χ4n) is 2.21. The zero-order valence-electron chi connectivity index (χ0n) is 12.1. The monoisotopic (exact) mass is 291 g/mol. The van der Waals surface area contributed by atoms with Crippen LogP contribution < -0.4 is 16.0 Å². The highest BCUT2D eigenvalue weighted by atomic mass is 16.5. The summed E-state index contributed by atoms with van der Waals surface area (Å²) in [6.07, 6.45) is 2.37. The van der Waals surface area contributed by atoms with Gasteiger partial charge in [0.1, 0.15) is 0 Å². The van der Waals surface area contributed by atoms with Gasteiger partial charge in [-0.25, -0.2) is 0 Å². The largest absolute Gasteiger partial charge is 0.377 e. The summed E-state index contributed by atoms with van der Waals surface area (Å²) < 4.78 is 5.47. The molecule has 6 nitrogen and oxygen atoms in total. The Bertz CT molecular complexity index is 481. The third-order valence-corrected chi connectivity index (χ3v) is 3.34. The highest BCUT2D eigenvalue weighted by Gasteiger charge is 2.15. The first-order valence-corrected chi connectivity index (χ1v) is 7.13. The SMILES string of the molecule is CNC(=O)c1ccc(NC(=O)CNCC2CCCO2)cc1. The number of rotatable bonds is 6. The van der Waals surface area contributed by atoms with Gasteiger partial charge in [-0.1, -0.05) is 0 Å². The molecule has 0 aliphatic carbocycles. The van der Waals surface area contributed by atoms with Crippen molar-refractivity contribution in [3.63, 3.8) is 0 Å². The van der Waals surface area contributed by atoms with E-state index in [9.17, 15) is 9.59 Å². The Labute approximate surface area is 124 Å². The highest BCUT2D eigenvalue weighted by molar-refractivity contribution is 5.96. The Morgan fingerprint density at radius 3 is 2.67 bits per heavy atom. The van der Waals surface area contributed by atoms with E-state index >= 15 is 0 Å². The van der Waals surface area contributed by atoms with Gasteiger partial charge in [-0.3, -0.25) is 9.59 Å². The molecule has 0 spiro atoms. The van der Waals surface area contributed by atoms with E-state index in [0.29, 0.717) is 17.8 Å². The van der Waals surface area contributed by atoms with Crippen molar-refractivity contribution in [2.24, 2.45) is 0 Å². The van der Waals surface area contributed by atoms with Crippen molar-refractivity contribution in [1.82, 2.24) is 10.6 Å². The van der Waals surface area contributed by atoms with Gasteiger partial charge in [-0.2, -0.15) is 0 Å². The topological polar surface area (TPSA) is 79.5 Å². The molecule has 0 aromatic heterocycles. The molecule has 1 fully saturated rings. The van der Waals surface area contributed by atoms with Gasteiger partial charge in [0.15, 0.2) is 0 Å². The first kappa shape index (κ1) is 15.5. The summed E-state index contributed by atoms with van der Waals surface area (Å²) in [5.41, 5.74) is 1.23. The van der Waals surface area contributed by atoms with Crippen LogP contribution in [0.1, 0.15) is 23.2 Å². The van der Waals surface area contributed by atoms with Crippen LogP contribution in [-0.4, -0.2) is 44.7 Å². The molecule has 1 aromatic carbocycles. The molecule has 1 saturated heterocycles. The minimum Gasteiger partial charge on any atom is -0.377 e. The first-order chi connectivity index (χ1) is 10.2. The average Bonchev–Trinajstić information content (AvgIpc) is 3.00. The molecule has 1 unspecified atom stereocenters. The van der Waals surface area contributed by atoms with Crippen LogP contribution in [0.5, 0.6) is 0 Å². The van der Waals surface area contributed by atoms with Crippen molar-refractivity contribution in [1.29, 1.82) is 0 Å². The van der Waals surface area contributed by atoms with Crippen molar-refractivity contribution < 1.29 is 14.3 Å². The second-order valence-corrected chi connectivity index (χ2v) is 4.97. The standard InChI is InChI=1S/C15H21N3O3/c1-16-15(20)11-4-6-12(7-5-11)18-14(19)10-17-9-13-3-2-8-21-13/h4-7,13,17H,2-3,8-10H2,1H3,(H,16,20)(H,18,19). The lowest BCUT2D eigenvalue weighted by molar-refractivity contribution is -0.115. The molecule has 114 valence electrons. The van der Waals surface area contributed by atoms with Crippen LogP contribution in [0.4, 0.5) is 5.69 Å². The lowest BCUT2D eigenvalue weighted by Crippen LogP contribution is -2.33. The zero-order chi connectivity index (χ0) is 15.1. The Morgan fingerprint density at radius 1 is 1.29 bits per heavy atom. The molecule has 3 N–H and O–H groups in total. The molecule has 1 atom stereocenters. The van der Waals surface area contributed by atoms with Crippen LogP contribution in [0.25, 0.3) is 0 Å². The molecule has 2 rings (SSSR count). The normalized spacial score (nSPS) is 17.5. The minimum absolute atomic E-state index is 0.110. The van der Waals surface area contributed by atoms with Gasteiger partial charge < -0.3 is 20.7 Å². The maximum atomic E-state index is 11.8. The van der Waals surface area contributed by atoms with Crippen molar-refractivity contribution in [3.8, 4) is 0 Å². The van der Waals surface area contributed by atoms with E-state index in [4.69, 9.17) is 4.74 Å². The number of carbonyl (C=O) groups excluding carboxylic acids is 2. The molecular formula is C15H21N3O3. The summed E-state index contributed by atoms with van der Waals surface area (Å²) in [5, 5.41) is 8.41. The summed E-state index contributed by atoms with van der Waals surface area (Å²) >= 11 is 0. The van der Waals surface area contributed by atoms with Crippen molar-refractivity contribution in [2.45, 2.75) is 18.9 Å². The van der Waals surface area contributed by atoms with E-state index in [1.165, 1.54) is 0 Å². The summed E-state index contributed by atoms with van der Waals surface area (Å²) in [6, 6.07) is 6.77. The number of hydrogen-bond donors (Lipinski definition) is 3. The Kier molecular flexibility index (Phi) is 5.71. The zero-order valence-corrected chi connectivity index (χ0v) is 12.1. The second-order valence-electron chi connectivity index (χ2n) is 4.97. The van der Waals surface area contributed by atoms with Crippen LogP contribution >= 0.6 is 0 Å². The third-order valence-electron chi connectivity index (χ3n) is 3.34. The van der Waals surface area contributed by atoms with E-state index in [1.54, 1.807) is 31.3 Å². The van der Waals surface area contributed by atoms with Crippen LogP contribution in [0.3, 0.4) is 0 Å². The number of carbonyl (C=O) groups is 2. The number of amides is 2. The van der Waals surface area contributed by atoms with Crippen LogP contribution in [0.15, 0.2) is 24.3 Å². The molecule has 0 bridgehead atoms. The number of hydrogen-bond acceptors (Lipinski definition) is 4. The predicted octanol–water partition coefficient (Wildman–Crippen LogP) is 0.753. The van der Waals surface area contributed by atoms with Gasteiger partial charge in [0, 0.05) is 31.5 Å². The van der Waals surface area contributed by atoms with Crippen molar-refractivity contribution in [2.75, 3.05) is 32.1 Å². The Balaban J connectivity index is 1.72. The first-order valence-electron chi connectivity index (χ1n) is 7.13. The smallest absolute Gasteiger partial charge is 0.251 e. The van der Waals surface area contributed by atoms with Gasteiger partial charge in [0.25, 0.3) is 5.91 Å². The molecule has 0 saturated carbocycles. The van der Waals surface area contributed by atoms with Gasteiger partial charge in [-0.05, 0) is 37.1 Å². The Morgan fingerprint density at radius 2 is 2.05 bits per heavy atom. The second kappa shape index (κ2) is 7.75. The molecule has 1 aromatic rings. The summed E-state index contributed by atoms with van der Waals surface area (Å²) in [7, 11) is 1.58. The molecule has 21 heavy (non-hydrogen) atoms. The third kappa shape index (κ3) is 4.84. The van der Waals surface area contributed by atoms with Gasteiger partial charge in [-0.15, -0.1) is 0 Å². The average molecular weight is 291 g/mol. The van der Waals surface area contributed by atoms with E-state index in [2.05, 4.69) is 16.0 Å². The number of benzene rings is 1. The fraction of sp³-hybridized carbons (Fsp3) is 0.467. The lowest BCUT2D eigenvalue weighted by atomic mass is 10.2. The summed E-state index contributed by atoms with van der Waals surface area (Å²) in [6.45, 7) is 1.76. The molecule has 0 radical (unpaired) electrons. The fourth-order valence-corrected chi connectivity index (χ4v) is 2.21. The minimum atomic E-state index is -0.147. The molecule has 6 heteroatoms. The molecule has 1 aliphatic rings. The van der Waals surface area contributed by atoms with Crippen molar-refractivity contribution >= 4 is 17.5 Å². The van der Waals surface area contributed by atoms with Gasteiger partial charge >= 0.3 is 0 Å². The number of nitrogens with one attached hydrogen (secondary N) is 3. The molecule has 1 aliphatic heterocycles. The van der Waals surface area contributed by atoms with Gasteiger partial charge in [0.2, 0.25) is 5.91 Å². The van der Waals surface area contributed by atoms with Crippen molar-refractivity contribution in [3.05, 3.63) is 29.8 Å². The molecule has 1 heterocycles. The quantitative estimate of drug-likeness (QED) is 0.723. The maximum absolute atomic E-state index is 11.8. The van der Waals surface area contributed by atoms with Crippen LogP contribution in [0.2, 0.25) is 0 Å². The Hall–Kier alpha value is -1.92. The van der Waals surface area contributed by atoms with Crippen LogP contribution in [-0.2, 0) is 9.53 Å². The van der Waals surface area contributed by atoms with Crippen LogP contribution in [0, 0.1) is 0 Å². The van der Waals surface area contributed by atoms with E-state index in [0.717, 1.165) is 19.4 Å². The lowest BCUT2D eigenvalue weighted by Gasteiger charge is -2.11. The molecule has 2 amide bonds. The molecular weight excluding hydrogens is 270 g/mol. The summed E-state index contributed by atoms with van der Waals surface area (Å²) in [5.74, 6) is -0.258. The predicted molar refractivity (Wildman–Crippen MR) is 80.3 cm³/mol. The highest BCUT2D eigenvalue weighted by Crippen LogP contribution is 2.11. The maximum Gasteiger partial charge on any atom is 0.251 e. The van der Waals surface area contributed by atoms with E-state index < -0.39 is 0 Å². The van der Waals surface area contributed by atoms with E-state index in [-0.39, 0.29) is 24.5 Å².